The van der Waals surface area contributed by atoms with E-state index in [0.717, 1.165) is 51.2 Å². The first-order chi connectivity index (χ1) is 9.61. The van der Waals surface area contributed by atoms with Crippen LogP contribution in [0.5, 0.6) is 0 Å². The monoisotopic (exact) mass is 282 g/mol. The summed E-state index contributed by atoms with van der Waals surface area (Å²) in [6.45, 7) is 10.3. The average molecular weight is 282 g/mol. The second kappa shape index (κ2) is 9.88. The number of aromatic nitrogens is 3. The maximum atomic E-state index is 5.52. The Labute approximate surface area is 123 Å². The summed E-state index contributed by atoms with van der Waals surface area (Å²) in [5, 5.41) is 8.41. The molecule has 0 aliphatic rings. The number of hydrogen-bond donors (Lipinski definition) is 0. The standard InChI is InChI=1S/C15H30N4O/c1-5-9-18(4)11-8-15-13-19(17-16-15)10-6-7-12-20-14(2)3/h13-14H,5-12H2,1-4H3. The van der Waals surface area contributed by atoms with Crippen LogP contribution in [0.2, 0.25) is 0 Å². The second-order valence-electron chi connectivity index (χ2n) is 5.65. The van der Waals surface area contributed by atoms with Gasteiger partial charge in [-0.25, -0.2) is 0 Å². The lowest BCUT2D eigenvalue weighted by Gasteiger charge is -2.13. The number of ether oxygens (including phenoxy) is 1. The highest BCUT2D eigenvalue weighted by Gasteiger charge is 2.03. The van der Waals surface area contributed by atoms with E-state index in [1.807, 2.05) is 4.68 Å². The van der Waals surface area contributed by atoms with E-state index < -0.39 is 0 Å². The molecule has 1 rings (SSSR count). The SMILES string of the molecule is CCCN(C)CCc1cn(CCCCOC(C)C)nn1. The van der Waals surface area contributed by atoms with Gasteiger partial charge in [0, 0.05) is 32.3 Å². The maximum Gasteiger partial charge on any atom is 0.0839 e. The van der Waals surface area contributed by atoms with Gasteiger partial charge < -0.3 is 9.64 Å². The average Bonchev–Trinajstić information content (AvgIpc) is 2.84. The van der Waals surface area contributed by atoms with E-state index in [1.54, 1.807) is 0 Å². The fraction of sp³-hybridized carbons (Fsp3) is 0.867. The van der Waals surface area contributed by atoms with E-state index in [0.29, 0.717) is 6.10 Å². The minimum atomic E-state index is 0.327. The summed E-state index contributed by atoms with van der Waals surface area (Å²) in [4.78, 5) is 2.34. The van der Waals surface area contributed by atoms with Gasteiger partial charge in [0.2, 0.25) is 0 Å². The lowest BCUT2D eigenvalue weighted by atomic mass is 10.3. The number of aryl methyl sites for hydroxylation is 1. The zero-order valence-electron chi connectivity index (χ0n) is 13.5. The molecule has 0 N–H and O–H groups in total. The van der Waals surface area contributed by atoms with Crippen molar-refractivity contribution in [3.63, 3.8) is 0 Å². The first kappa shape index (κ1) is 17.1. The molecular weight excluding hydrogens is 252 g/mol. The molecule has 5 heteroatoms. The predicted octanol–water partition coefficient (Wildman–Crippen LogP) is 2.37. The summed E-state index contributed by atoms with van der Waals surface area (Å²) in [7, 11) is 2.16. The molecule has 0 radical (unpaired) electrons. The fourth-order valence-corrected chi connectivity index (χ4v) is 2.06. The second-order valence-corrected chi connectivity index (χ2v) is 5.65. The third-order valence-corrected chi connectivity index (χ3v) is 3.17. The van der Waals surface area contributed by atoms with Crippen molar-refractivity contribution in [3.05, 3.63) is 11.9 Å². The van der Waals surface area contributed by atoms with Crippen molar-refractivity contribution >= 4 is 0 Å². The van der Waals surface area contributed by atoms with Crippen LogP contribution in [0, 0.1) is 0 Å². The van der Waals surface area contributed by atoms with Gasteiger partial charge in [0.15, 0.2) is 0 Å². The Morgan fingerprint density at radius 3 is 2.80 bits per heavy atom. The molecule has 0 saturated heterocycles. The largest absolute Gasteiger partial charge is 0.379 e. The summed E-state index contributed by atoms with van der Waals surface area (Å²) in [6.07, 6.45) is 6.74. The molecule has 1 aromatic heterocycles. The number of hydrogen-bond acceptors (Lipinski definition) is 4. The lowest BCUT2D eigenvalue weighted by molar-refractivity contribution is 0.0753. The summed E-state index contributed by atoms with van der Waals surface area (Å²) in [5.74, 6) is 0. The third kappa shape index (κ3) is 7.60. The van der Waals surface area contributed by atoms with Crippen LogP contribution in [0.25, 0.3) is 0 Å². The fourth-order valence-electron chi connectivity index (χ4n) is 2.06. The molecule has 116 valence electrons. The number of likely N-dealkylation sites (N-methyl/N-ethyl adjacent to an activating group) is 1. The normalized spacial score (nSPS) is 11.7. The van der Waals surface area contributed by atoms with Crippen molar-refractivity contribution in [1.29, 1.82) is 0 Å². The van der Waals surface area contributed by atoms with Gasteiger partial charge in [0.25, 0.3) is 0 Å². The van der Waals surface area contributed by atoms with Gasteiger partial charge in [0.1, 0.15) is 0 Å². The Hall–Kier alpha value is -0.940. The molecule has 0 saturated carbocycles. The minimum absolute atomic E-state index is 0.327. The van der Waals surface area contributed by atoms with Crippen molar-refractivity contribution < 1.29 is 4.74 Å². The van der Waals surface area contributed by atoms with Crippen LogP contribution >= 0.6 is 0 Å². The minimum Gasteiger partial charge on any atom is -0.379 e. The van der Waals surface area contributed by atoms with E-state index in [-0.39, 0.29) is 0 Å². The van der Waals surface area contributed by atoms with E-state index in [1.165, 1.54) is 6.42 Å². The van der Waals surface area contributed by atoms with Crippen LogP contribution in [-0.2, 0) is 17.7 Å². The van der Waals surface area contributed by atoms with Gasteiger partial charge >= 0.3 is 0 Å². The summed E-state index contributed by atoms with van der Waals surface area (Å²) in [6, 6.07) is 0. The molecule has 0 amide bonds. The summed E-state index contributed by atoms with van der Waals surface area (Å²) >= 11 is 0. The zero-order valence-corrected chi connectivity index (χ0v) is 13.5. The van der Waals surface area contributed by atoms with Gasteiger partial charge in [-0.3, -0.25) is 4.68 Å². The van der Waals surface area contributed by atoms with E-state index >= 15 is 0 Å². The molecule has 0 aliphatic heterocycles. The van der Waals surface area contributed by atoms with Crippen molar-refractivity contribution in [2.45, 2.75) is 59.1 Å². The quantitative estimate of drug-likeness (QED) is 0.584. The van der Waals surface area contributed by atoms with E-state index in [4.69, 9.17) is 4.74 Å². The van der Waals surface area contributed by atoms with Gasteiger partial charge in [-0.2, -0.15) is 0 Å². The first-order valence-corrected chi connectivity index (χ1v) is 7.81. The molecule has 1 heterocycles. The van der Waals surface area contributed by atoms with Crippen LogP contribution in [0.4, 0.5) is 0 Å². The molecule has 20 heavy (non-hydrogen) atoms. The molecule has 0 bridgehead atoms. The highest BCUT2D eigenvalue weighted by molar-refractivity contribution is 4.92. The van der Waals surface area contributed by atoms with Crippen LogP contribution in [-0.4, -0.2) is 52.7 Å². The van der Waals surface area contributed by atoms with Crippen LogP contribution < -0.4 is 0 Å². The van der Waals surface area contributed by atoms with Gasteiger partial charge in [-0.05, 0) is 46.7 Å². The van der Waals surface area contributed by atoms with Crippen LogP contribution in [0.1, 0.15) is 45.7 Å². The van der Waals surface area contributed by atoms with Crippen LogP contribution in [0.15, 0.2) is 6.20 Å². The van der Waals surface area contributed by atoms with Crippen LogP contribution in [0.3, 0.4) is 0 Å². The van der Waals surface area contributed by atoms with Gasteiger partial charge in [-0.1, -0.05) is 12.1 Å². The number of unbranched alkanes of at least 4 members (excludes halogenated alkanes) is 1. The number of nitrogens with zero attached hydrogens (tertiary/aromatic N) is 4. The summed E-state index contributed by atoms with van der Waals surface area (Å²) < 4.78 is 7.47. The Balaban J connectivity index is 2.16. The smallest absolute Gasteiger partial charge is 0.0839 e. The molecule has 0 spiro atoms. The Bertz CT molecular complexity index is 351. The first-order valence-electron chi connectivity index (χ1n) is 7.81. The predicted molar refractivity (Wildman–Crippen MR) is 81.8 cm³/mol. The van der Waals surface area contributed by atoms with E-state index in [9.17, 15) is 0 Å². The Morgan fingerprint density at radius 1 is 1.30 bits per heavy atom. The highest BCUT2D eigenvalue weighted by Crippen LogP contribution is 2.00. The molecule has 0 aliphatic carbocycles. The van der Waals surface area contributed by atoms with Gasteiger partial charge in [-0.15, -0.1) is 5.10 Å². The zero-order chi connectivity index (χ0) is 14.8. The van der Waals surface area contributed by atoms with E-state index in [2.05, 4.69) is 49.2 Å². The van der Waals surface area contributed by atoms with Crippen molar-refractivity contribution in [2.75, 3.05) is 26.7 Å². The molecule has 1 aromatic rings. The van der Waals surface area contributed by atoms with Crippen molar-refractivity contribution in [2.24, 2.45) is 0 Å². The lowest BCUT2D eigenvalue weighted by Crippen LogP contribution is -2.21. The van der Waals surface area contributed by atoms with Crippen molar-refractivity contribution in [3.8, 4) is 0 Å². The topological polar surface area (TPSA) is 43.2 Å². The highest BCUT2D eigenvalue weighted by atomic mass is 16.5. The molecule has 5 nitrogen and oxygen atoms in total. The van der Waals surface area contributed by atoms with Crippen molar-refractivity contribution in [1.82, 2.24) is 19.9 Å². The number of rotatable bonds is 11. The Kier molecular flexibility index (Phi) is 8.46. The van der Waals surface area contributed by atoms with Gasteiger partial charge in [0.05, 0.1) is 11.8 Å². The third-order valence-electron chi connectivity index (χ3n) is 3.17. The summed E-state index contributed by atoms with van der Waals surface area (Å²) in [5.41, 5.74) is 1.09. The molecule has 0 fully saturated rings. The molecule has 0 unspecified atom stereocenters. The molecule has 0 aromatic carbocycles. The Morgan fingerprint density at radius 2 is 2.10 bits per heavy atom. The molecule has 0 atom stereocenters. The maximum absolute atomic E-state index is 5.52. The molecular formula is C15H30N4O.